The van der Waals surface area contributed by atoms with E-state index in [0.717, 1.165) is 23.2 Å². The molecular weight excluding hydrogens is 264 g/mol. The van der Waals surface area contributed by atoms with Crippen LogP contribution in [0.1, 0.15) is 36.7 Å². The highest BCUT2D eigenvalue weighted by molar-refractivity contribution is 5.97. The van der Waals surface area contributed by atoms with Crippen molar-refractivity contribution < 1.29 is 9.90 Å². The number of rotatable bonds is 4. The van der Waals surface area contributed by atoms with E-state index >= 15 is 0 Å². The number of hydrogen-bond donors (Lipinski definition) is 2. The van der Waals surface area contributed by atoms with E-state index in [-0.39, 0.29) is 5.69 Å². The highest BCUT2D eigenvalue weighted by Crippen LogP contribution is 2.31. The molecule has 0 amide bonds. The average molecular weight is 284 g/mol. The maximum absolute atomic E-state index is 11.2. The number of carboxylic acid groups (broad SMARTS) is 1. The van der Waals surface area contributed by atoms with Crippen molar-refractivity contribution in [3.8, 4) is 0 Å². The molecule has 3 rings (SSSR count). The first kappa shape index (κ1) is 13.9. The standard InChI is InChI=1S/C17H20N2O2/c1-11-6-7-12(8-11)10-18-16-14-5-3-2-4-13(14)9-15(19-16)17(20)21/h2-5,9,11-12H,6-8,10H2,1H3,(H,18,19)(H,20,21). The van der Waals surface area contributed by atoms with E-state index in [9.17, 15) is 9.90 Å². The Bertz CT molecular complexity index is 669. The maximum atomic E-state index is 11.2. The number of aromatic carboxylic acids is 1. The molecule has 0 saturated heterocycles. The lowest BCUT2D eigenvalue weighted by Gasteiger charge is -2.14. The summed E-state index contributed by atoms with van der Waals surface area (Å²) in [7, 11) is 0. The third-order valence-electron chi connectivity index (χ3n) is 4.32. The molecule has 1 heterocycles. The zero-order valence-electron chi connectivity index (χ0n) is 12.2. The molecule has 110 valence electrons. The van der Waals surface area contributed by atoms with Crippen LogP contribution in [0.25, 0.3) is 10.8 Å². The number of nitrogens with zero attached hydrogens (tertiary/aromatic N) is 1. The van der Waals surface area contributed by atoms with Crippen LogP contribution in [0.5, 0.6) is 0 Å². The SMILES string of the molecule is CC1CCC(CNc2nc(C(=O)O)cc3ccccc23)C1. The lowest BCUT2D eigenvalue weighted by molar-refractivity contribution is 0.0691. The van der Waals surface area contributed by atoms with Gasteiger partial charge in [-0.2, -0.15) is 0 Å². The molecule has 1 aliphatic carbocycles. The van der Waals surface area contributed by atoms with Gasteiger partial charge in [-0.05, 0) is 36.1 Å². The fourth-order valence-corrected chi connectivity index (χ4v) is 3.19. The fraction of sp³-hybridized carbons (Fsp3) is 0.412. The molecule has 1 aromatic heterocycles. The van der Waals surface area contributed by atoms with Gasteiger partial charge in [-0.3, -0.25) is 0 Å². The number of hydrogen-bond acceptors (Lipinski definition) is 3. The van der Waals surface area contributed by atoms with Gasteiger partial charge >= 0.3 is 5.97 Å². The first-order valence-electron chi connectivity index (χ1n) is 7.50. The van der Waals surface area contributed by atoms with Crippen LogP contribution in [-0.4, -0.2) is 22.6 Å². The molecule has 0 radical (unpaired) electrons. The van der Waals surface area contributed by atoms with E-state index in [1.54, 1.807) is 6.07 Å². The summed E-state index contributed by atoms with van der Waals surface area (Å²) in [5.41, 5.74) is 0.0935. The van der Waals surface area contributed by atoms with Gasteiger partial charge in [0, 0.05) is 11.9 Å². The Labute approximate surface area is 124 Å². The summed E-state index contributed by atoms with van der Waals surface area (Å²) in [6.07, 6.45) is 3.77. The van der Waals surface area contributed by atoms with Crippen LogP contribution in [0.2, 0.25) is 0 Å². The molecule has 1 aromatic carbocycles. The Morgan fingerprint density at radius 1 is 1.38 bits per heavy atom. The first-order chi connectivity index (χ1) is 10.1. The molecule has 0 bridgehead atoms. The number of benzene rings is 1. The summed E-state index contributed by atoms with van der Waals surface area (Å²) in [6, 6.07) is 9.39. The van der Waals surface area contributed by atoms with Gasteiger partial charge in [0.05, 0.1) is 0 Å². The summed E-state index contributed by atoms with van der Waals surface area (Å²) in [5, 5.41) is 14.5. The number of anilines is 1. The van der Waals surface area contributed by atoms with E-state index in [1.165, 1.54) is 19.3 Å². The van der Waals surface area contributed by atoms with Crippen LogP contribution in [0.15, 0.2) is 30.3 Å². The number of aromatic nitrogens is 1. The molecule has 0 aliphatic heterocycles. The minimum atomic E-state index is -0.988. The summed E-state index contributed by atoms with van der Waals surface area (Å²) >= 11 is 0. The molecule has 0 spiro atoms. The van der Waals surface area contributed by atoms with Crippen LogP contribution >= 0.6 is 0 Å². The van der Waals surface area contributed by atoms with Gasteiger partial charge in [0.1, 0.15) is 5.82 Å². The summed E-state index contributed by atoms with van der Waals surface area (Å²) in [5.74, 6) is 1.16. The maximum Gasteiger partial charge on any atom is 0.354 e. The first-order valence-corrected chi connectivity index (χ1v) is 7.50. The minimum Gasteiger partial charge on any atom is -0.477 e. The molecular formula is C17H20N2O2. The van der Waals surface area contributed by atoms with Crippen molar-refractivity contribution in [1.82, 2.24) is 4.98 Å². The molecule has 2 atom stereocenters. The summed E-state index contributed by atoms with van der Waals surface area (Å²) in [6.45, 7) is 3.16. The molecule has 1 fully saturated rings. The van der Waals surface area contributed by atoms with Gasteiger partial charge < -0.3 is 10.4 Å². The Kier molecular flexibility index (Phi) is 3.78. The summed E-state index contributed by atoms with van der Waals surface area (Å²) in [4.78, 5) is 15.5. The Morgan fingerprint density at radius 3 is 2.90 bits per heavy atom. The summed E-state index contributed by atoms with van der Waals surface area (Å²) < 4.78 is 0. The quantitative estimate of drug-likeness (QED) is 0.897. The van der Waals surface area contributed by atoms with Crippen molar-refractivity contribution in [1.29, 1.82) is 0 Å². The number of carbonyl (C=O) groups is 1. The molecule has 4 heteroatoms. The Hall–Kier alpha value is -2.10. The Morgan fingerprint density at radius 2 is 2.19 bits per heavy atom. The van der Waals surface area contributed by atoms with Crippen molar-refractivity contribution in [2.24, 2.45) is 11.8 Å². The molecule has 1 aliphatic rings. The highest BCUT2D eigenvalue weighted by atomic mass is 16.4. The highest BCUT2D eigenvalue weighted by Gasteiger charge is 2.21. The van der Waals surface area contributed by atoms with Gasteiger partial charge in [0.25, 0.3) is 0 Å². The van der Waals surface area contributed by atoms with E-state index in [2.05, 4.69) is 17.2 Å². The molecule has 21 heavy (non-hydrogen) atoms. The van der Waals surface area contributed by atoms with E-state index in [4.69, 9.17) is 0 Å². The second-order valence-electron chi connectivity index (χ2n) is 6.05. The molecule has 4 nitrogen and oxygen atoms in total. The second-order valence-corrected chi connectivity index (χ2v) is 6.05. The lowest BCUT2D eigenvalue weighted by Crippen LogP contribution is -2.14. The van der Waals surface area contributed by atoms with Crippen molar-refractivity contribution in [2.45, 2.75) is 26.2 Å². The van der Waals surface area contributed by atoms with Gasteiger partial charge in [0.15, 0.2) is 5.69 Å². The number of nitrogens with one attached hydrogen (secondary N) is 1. The van der Waals surface area contributed by atoms with Crippen LogP contribution in [0, 0.1) is 11.8 Å². The Balaban J connectivity index is 1.87. The third kappa shape index (κ3) is 2.99. The van der Waals surface area contributed by atoms with Crippen molar-refractivity contribution >= 4 is 22.6 Å². The largest absolute Gasteiger partial charge is 0.477 e. The second kappa shape index (κ2) is 5.72. The third-order valence-corrected chi connectivity index (χ3v) is 4.32. The number of pyridine rings is 1. The van der Waals surface area contributed by atoms with Crippen LogP contribution in [0.3, 0.4) is 0 Å². The predicted molar refractivity (Wildman–Crippen MR) is 83.7 cm³/mol. The molecule has 2 aromatic rings. The molecule has 2 N–H and O–H groups in total. The van der Waals surface area contributed by atoms with Gasteiger partial charge in [-0.15, -0.1) is 0 Å². The van der Waals surface area contributed by atoms with Crippen molar-refractivity contribution in [3.63, 3.8) is 0 Å². The lowest BCUT2D eigenvalue weighted by atomic mass is 10.1. The molecule has 2 unspecified atom stereocenters. The fourth-order valence-electron chi connectivity index (χ4n) is 3.19. The zero-order valence-corrected chi connectivity index (χ0v) is 12.2. The molecule has 1 saturated carbocycles. The van der Waals surface area contributed by atoms with E-state index in [1.807, 2.05) is 24.3 Å². The van der Waals surface area contributed by atoms with E-state index in [0.29, 0.717) is 11.7 Å². The minimum absolute atomic E-state index is 0.0935. The van der Waals surface area contributed by atoms with Crippen molar-refractivity contribution in [2.75, 3.05) is 11.9 Å². The normalized spacial score (nSPS) is 21.6. The van der Waals surface area contributed by atoms with Crippen LogP contribution < -0.4 is 5.32 Å². The number of fused-ring (bicyclic) bond motifs is 1. The average Bonchev–Trinajstić information content (AvgIpc) is 2.90. The van der Waals surface area contributed by atoms with Gasteiger partial charge in [-0.1, -0.05) is 37.6 Å². The van der Waals surface area contributed by atoms with Crippen LogP contribution in [0.4, 0.5) is 5.82 Å². The smallest absolute Gasteiger partial charge is 0.354 e. The van der Waals surface area contributed by atoms with Crippen LogP contribution in [-0.2, 0) is 0 Å². The monoisotopic (exact) mass is 284 g/mol. The van der Waals surface area contributed by atoms with Gasteiger partial charge in [0.2, 0.25) is 0 Å². The topological polar surface area (TPSA) is 62.2 Å². The van der Waals surface area contributed by atoms with E-state index < -0.39 is 5.97 Å². The van der Waals surface area contributed by atoms with Gasteiger partial charge in [-0.25, -0.2) is 9.78 Å². The zero-order chi connectivity index (χ0) is 14.8. The predicted octanol–water partition coefficient (Wildman–Crippen LogP) is 3.78. The van der Waals surface area contributed by atoms with Crippen molar-refractivity contribution in [3.05, 3.63) is 36.0 Å². The number of carboxylic acids is 1.